The van der Waals surface area contributed by atoms with Crippen LogP contribution in [0.4, 0.5) is 0 Å². The number of unbranched alkanes of at least 4 members (excludes halogenated alkanes) is 14. The van der Waals surface area contributed by atoms with Gasteiger partial charge >= 0.3 is 11.9 Å². The van der Waals surface area contributed by atoms with E-state index >= 15 is 0 Å². The van der Waals surface area contributed by atoms with Crippen molar-refractivity contribution in [3.63, 3.8) is 0 Å². The van der Waals surface area contributed by atoms with Gasteiger partial charge in [-0.3, -0.25) is 19.2 Å². The Balaban J connectivity index is 4.41. The fraction of sp³-hybridized carbons (Fsp3) is 0.861. The van der Waals surface area contributed by atoms with E-state index < -0.39 is 54.5 Å². The molecule has 0 bridgehead atoms. The summed E-state index contributed by atoms with van der Waals surface area (Å²) in [5.41, 5.74) is 17.0. The second-order valence-electron chi connectivity index (χ2n) is 13.2. The molecule has 0 aliphatic heterocycles. The largest absolute Gasteiger partial charge is 0.480 e. The maximum Gasteiger partial charge on any atom is 0.326 e. The van der Waals surface area contributed by atoms with Crippen LogP contribution in [-0.2, 0) is 28.7 Å². The molecule has 4 atom stereocenters. The Morgan fingerprint density at radius 3 is 1.63 bits per heavy atom. The standard InChI is InChI=1S/C36H70N6O8S/c1-2-3-4-5-6-7-8-9-10-11-12-13-14-21-32(44)50-24-25-51-27-28(39)33(45)42-31(26-43)35(47)40-29(19-15-17-22-37)34(46)41-30(36(48)49)20-16-18-23-38/h28-31,43H,2-27,37-39H2,1H3,(H,40,47)(H,41,46)(H,42,45)(H,48,49)/t28-,29+,30+,31-/m0/s1. The van der Waals surface area contributed by atoms with Gasteiger partial charge in [0.1, 0.15) is 24.7 Å². The highest BCUT2D eigenvalue weighted by Crippen LogP contribution is 2.13. The van der Waals surface area contributed by atoms with Crippen molar-refractivity contribution in [2.75, 3.05) is 37.8 Å². The highest BCUT2D eigenvalue weighted by molar-refractivity contribution is 7.99. The third-order valence-corrected chi connectivity index (χ3v) is 9.62. The lowest BCUT2D eigenvalue weighted by molar-refractivity contribution is -0.143. The molecular weight excluding hydrogens is 676 g/mol. The number of aliphatic carboxylic acids is 1. The van der Waals surface area contributed by atoms with E-state index in [4.69, 9.17) is 21.9 Å². The van der Waals surface area contributed by atoms with E-state index in [0.717, 1.165) is 19.3 Å². The van der Waals surface area contributed by atoms with Crippen molar-refractivity contribution in [3.8, 4) is 0 Å². The Morgan fingerprint density at radius 1 is 0.647 bits per heavy atom. The van der Waals surface area contributed by atoms with Gasteiger partial charge in [0.05, 0.1) is 12.6 Å². The van der Waals surface area contributed by atoms with Gasteiger partial charge in [-0.15, -0.1) is 0 Å². The first-order chi connectivity index (χ1) is 24.6. The van der Waals surface area contributed by atoms with Gasteiger partial charge in [0.15, 0.2) is 0 Å². The van der Waals surface area contributed by atoms with Crippen molar-refractivity contribution in [3.05, 3.63) is 0 Å². The fourth-order valence-electron chi connectivity index (χ4n) is 5.39. The van der Waals surface area contributed by atoms with Gasteiger partial charge in [0.2, 0.25) is 17.7 Å². The van der Waals surface area contributed by atoms with Crippen LogP contribution in [0, 0.1) is 0 Å². The average Bonchev–Trinajstić information content (AvgIpc) is 3.11. The van der Waals surface area contributed by atoms with Crippen LogP contribution in [0.25, 0.3) is 0 Å². The summed E-state index contributed by atoms with van der Waals surface area (Å²) in [4.78, 5) is 62.3. The average molecular weight is 747 g/mol. The summed E-state index contributed by atoms with van der Waals surface area (Å²) in [6.45, 7) is 2.45. The number of hydrogen-bond acceptors (Lipinski definition) is 11. The molecule has 0 aromatic heterocycles. The zero-order chi connectivity index (χ0) is 38.1. The van der Waals surface area contributed by atoms with Crippen LogP contribution in [0.5, 0.6) is 0 Å². The normalized spacial score (nSPS) is 13.5. The van der Waals surface area contributed by atoms with Crippen molar-refractivity contribution < 1.29 is 38.9 Å². The molecule has 0 spiro atoms. The lowest BCUT2D eigenvalue weighted by Crippen LogP contribution is -2.58. The molecule has 0 aromatic carbocycles. The molecule has 15 heteroatoms. The number of ether oxygens (including phenoxy) is 1. The predicted molar refractivity (Wildman–Crippen MR) is 203 cm³/mol. The topological polar surface area (TPSA) is 249 Å². The van der Waals surface area contributed by atoms with Gasteiger partial charge in [0.25, 0.3) is 0 Å². The minimum atomic E-state index is -1.38. The van der Waals surface area contributed by atoms with Crippen molar-refractivity contribution >= 4 is 41.4 Å². The number of amides is 3. The van der Waals surface area contributed by atoms with Crippen molar-refractivity contribution in [1.82, 2.24) is 16.0 Å². The van der Waals surface area contributed by atoms with Crippen LogP contribution in [0.3, 0.4) is 0 Å². The summed E-state index contributed by atoms with van der Waals surface area (Å²) in [7, 11) is 0. The molecule has 0 radical (unpaired) electrons. The molecule has 0 aliphatic rings. The second-order valence-corrected chi connectivity index (χ2v) is 14.3. The SMILES string of the molecule is CCCCCCCCCCCCCCCC(=O)OCCSC[C@H](N)C(=O)N[C@@H](CO)C(=O)N[C@H](CCCCN)C(=O)N[C@H](CCCCN)C(=O)O. The first-order valence-corrected chi connectivity index (χ1v) is 20.4. The molecule has 298 valence electrons. The third kappa shape index (κ3) is 26.9. The van der Waals surface area contributed by atoms with E-state index in [1.165, 1.54) is 76.0 Å². The first-order valence-electron chi connectivity index (χ1n) is 19.2. The van der Waals surface area contributed by atoms with Crippen LogP contribution >= 0.6 is 11.8 Å². The zero-order valence-corrected chi connectivity index (χ0v) is 32.0. The molecule has 0 aromatic rings. The first kappa shape index (κ1) is 48.5. The lowest BCUT2D eigenvalue weighted by Gasteiger charge is -2.24. The van der Waals surface area contributed by atoms with Crippen LogP contribution in [0.2, 0.25) is 0 Å². The van der Waals surface area contributed by atoms with Crippen LogP contribution in [0.1, 0.15) is 135 Å². The number of nitrogens with two attached hydrogens (primary N) is 3. The monoisotopic (exact) mass is 746 g/mol. The van der Waals surface area contributed by atoms with Crippen LogP contribution in [-0.4, -0.2) is 102 Å². The maximum absolute atomic E-state index is 13.0. The number of thioether (sulfide) groups is 1. The van der Waals surface area contributed by atoms with Crippen LogP contribution < -0.4 is 33.2 Å². The molecule has 0 fully saturated rings. The highest BCUT2D eigenvalue weighted by atomic mass is 32.2. The van der Waals surface area contributed by atoms with Gasteiger partial charge < -0.3 is 48.1 Å². The predicted octanol–water partition coefficient (Wildman–Crippen LogP) is 2.86. The number of esters is 1. The summed E-state index contributed by atoms with van der Waals surface area (Å²) in [5.74, 6) is -3.00. The molecule has 51 heavy (non-hydrogen) atoms. The lowest BCUT2D eigenvalue weighted by atomic mass is 10.0. The number of aliphatic hydroxyl groups is 1. The molecule has 0 saturated carbocycles. The van der Waals surface area contributed by atoms with Gasteiger partial charge in [-0.05, 0) is 58.0 Å². The molecular formula is C36H70N6O8S. The number of nitrogens with one attached hydrogen (secondary N) is 3. The van der Waals surface area contributed by atoms with Crippen molar-refractivity contribution in [2.45, 2.75) is 160 Å². The van der Waals surface area contributed by atoms with E-state index in [0.29, 0.717) is 50.9 Å². The quantitative estimate of drug-likeness (QED) is 0.0345. The Kier molecular flexibility index (Phi) is 31.8. The van der Waals surface area contributed by atoms with E-state index in [1.54, 1.807) is 0 Å². The number of rotatable bonds is 35. The number of carboxylic acid groups (broad SMARTS) is 1. The Morgan fingerprint density at radius 2 is 1.12 bits per heavy atom. The molecule has 11 N–H and O–H groups in total. The van der Waals surface area contributed by atoms with Crippen LogP contribution in [0.15, 0.2) is 0 Å². The minimum Gasteiger partial charge on any atom is -0.480 e. The number of carboxylic acids is 1. The molecule has 0 saturated heterocycles. The second kappa shape index (κ2) is 33.4. The summed E-state index contributed by atoms with van der Waals surface area (Å²) < 4.78 is 5.29. The van der Waals surface area contributed by atoms with Gasteiger partial charge in [-0.2, -0.15) is 11.8 Å². The molecule has 3 amide bonds. The number of hydrogen-bond donors (Lipinski definition) is 8. The Hall–Kier alpha value is -2.46. The number of carbonyl (C=O) groups excluding carboxylic acids is 4. The smallest absolute Gasteiger partial charge is 0.326 e. The van der Waals surface area contributed by atoms with E-state index in [9.17, 15) is 34.2 Å². The number of aliphatic hydroxyl groups excluding tert-OH is 1. The van der Waals surface area contributed by atoms with Gasteiger partial charge in [0, 0.05) is 17.9 Å². The zero-order valence-electron chi connectivity index (χ0n) is 31.2. The summed E-state index contributed by atoms with van der Waals surface area (Å²) in [6.07, 6.45) is 19.0. The van der Waals surface area contributed by atoms with E-state index in [-0.39, 0.29) is 31.2 Å². The van der Waals surface area contributed by atoms with E-state index in [2.05, 4.69) is 22.9 Å². The fourth-order valence-corrected chi connectivity index (χ4v) is 6.16. The number of carbonyl (C=O) groups is 5. The van der Waals surface area contributed by atoms with Gasteiger partial charge in [-0.25, -0.2) is 4.79 Å². The van der Waals surface area contributed by atoms with Crippen molar-refractivity contribution in [2.24, 2.45) is 17.2 Å². The summed E-state index contributed by atoms with van der Waals surface area (Å²) in [5, 5.41) is 26.7. The van der Waals surface area contributed by atoms with Crippen molar-refractivity contribution in [1.29, 1.82) is 0 Å². The highest BCUT2D eigenvalue weighted by Gasteiger charge is 2.30. The molecule has 0 heterocycles. The third-order valence-electron chi connectivity index (χ3n) is 8.57. The maximum atomic E-state index is 13.0. The summed E-state index contributed by atoms with van der Waals surface area (Å²) >= 11 is 1.32. The Labute approximate surface area is 310 Å². The summed E-state index contributed by atoms with van der Waals surface area (Å²) in [6, 6.07) is -4.66. The molecule has 0 unspecified atom stereocenters. The minimum absolute atomic E-state index is 0.175. The molecule has 0 aliphatic carbocycles. The Bertz CT molecular complexity index is 947. The molecule has 0 rings (SSSR count). The van der Waals surface area contributed by atoms with Gasteiger partial charge in [-0.1, -0.05) is 84.0 Å². The molecule has 14 nitrogen and oxygen atoms in total. The van der Waals surface area contributed by atoms with E-state index in [1.807, 2.05) is 0 Å².